The van der Waals surface area contributed by atoms with Crippen molar-refractivity contribution < 1.29 is 4.52 Å². The van der Waals surface area contributed by atoms with Gasteiger partial charge < -0.3 is 0 Å². The van der Waals surface area contributed by atoms with Gasteiger partial charge in [0.05, 0.1) is 0 Å². The molecule has 0 saturated heterocycles. The molecule has 4 nitrogen and oxygen atoms in total. The predicted octanol–water partition coefficient (Wildman–Crippen LogP) is 0.903. The van der Waals surface area contributed by atoms with Crippen molar-refractivity contribution in [1.82, 2.24) is 10.3 Å². The van der Waals surface area contributed by atoms with Gasteiger partial charge in [0, 0.05) is 10.9 Å². The van der Waals surface area contributed by atoms with Crippen molar-refractivity contribution in [3.8, 4) is 0 Å². The van der Waals surface area contributed by atoms with Crippen LogP contribution in [0.1, 0.15) is 5.56 Å². The van der Waals surface area contributed by atoms with Crippen LogP contribution >= 0.6 is 0 Å². The topological polar surface area (TPSA) is 52.8 Å². The average Bonchev–Trinajstić information content (AvgIpc) is 2.62. The van der Waals surface area contributed by atoms with Crippen LogP contribution in [0.25, 0.3) is 16.4 Å². The highest BCUT2D eigenvalue weighted by atomic mass is 16.1. The number of hydrogen-bond donors (Lipinski definition) is 2. The molecule has 0 spiro atoms. The summed E-state index contributed by atoms with van der Waals surface area (Å²) in [6.45, 7) is 1.94. The van der Waals surface area contributed by atoms with Crippen molar-refractivity contribution in [3.63, 3.8) is 0 Å². The smallest absolute Gasteiger partial charge is 0.234 e. The van der Waals surface area contributed by atoms with Gasteiger partial charge in [0.1, 0.15) is 0 Å². The summed E-state index contributed by atoms with van der Waals surface area (Å²) in [5.41, 5.74) is 2.56. The molecule has 0 unspecified atom stereocenters. The lowest BCUT2D eigenvalue weighted by molar-refractivity contribution is -0.554. The number of aryl methyl sites for hydroxylation is 1. The summed E-state index contributed by atoms with van der Waals surface area (Å²) < 4.78 is 1.78. The first kappa shape index (κ1) is 8.23. The maximum Gasteiger partial charge on any atom is 0.399 e. The molecule has 0 aliphatic heterocycles. The Kier molecular flexibility index (Phi) is 1.48. The number of aromatic nitrogens is 3. The molecule has 0 saturated carbocycles. The third-order valence-corrected chi connectivity index (χ3v) is 2.64. The van der Waals surface area contributed by atoms with E-state index in [2.05, 4.69) is 10.3 Å². The summed E-state index contributed by atoms with van der Waals surface area (Å²) in [5.74, 6) is 0. The number of pyridine rings is 1. The second-order valence-corrected chi connectivity index (χ2v) is 3.64. The van der Waals surface area contributed by atoms with E-state index in [9.17, 15) is 4.79 Å². The quantitative estimate of drug-likeness (QED) is 0.520. The van der Waals surface area contributed by atoms with Crippen molar-refractivity contribution in [1.29, 1.82) is 0 Å². The summed E-state index contributed by atoms with van der Waals surface area (Å²) in [5, 5.41) is 6.56. The number of fused-ring (bicyclic) bond motifs is 3. The maximum absolute atomic E-state index is 11.5. The van der Waals surface area contributed by atoms with Gasteiger partial charge in [0.15, 0.2) is 5.52 Å². The van der Waals surface area contributed by atoms with E-state index in [1.54, 1.807) is 4.52 Å². The summed E-state index contributed by atoms with van der Waals surface area (Å²) in [6, 6.07) is 9.97. The Morgan fingerprint density at radius 2 is 2.07 bits per heavy atom. The maximum atomic E-state index is 11.5. The predicted molar refractivity (Wildman–Crippen MR) is 56.8 cm³/mol. The van der Waals surface area contributed by atoms with Crippen molar-refractivity contribution in [2.75, 3.05) is 0 Å². The summed E-state index contributed by atoms with van der Waals surface area (Å²) in [6.07, 6.45) is 0. The fourth-order valence-corrected chi connectivity index (χ4v) is 1.97. The Morgan fingerprint density at radius 1 is 1.27 bits per heavy atom. The molecule has 0 bridgehead atoms. The van der Waals surface area contributed by atoms with Crippen LogP contribution in [0.2, 0.25) is 0 Å². The minimum Gasteiger partial charge on any atom is -0.234 e. The van der Waals surface area contributed by atoms with Gasteiger partial charge in [-0.1, -0.05) is 23.4 Å². The number of hydrogen-bond acceptors (Lipinski definition) is 1. The first-order chi connectivity index (χ1) is 7.27. The minimum atomic E-state index is -0.0850. The third kappa shape index (κ3) is 1.01. The zero-order valence-corrected chi connectivity index (χ0v) is 8.24. The van der Waals surface area contributed by atoms with Crippen LogP contribution in [-0.4, -0.2) is 10.3 Å². The summed E-state index contributed by atoms with van der Waals surface area (Å²) in [7, 11) is 0. The zero-order chi connectivity index (χ0) is 10.4. The molecule has 4 heteroatoms. The largest absolute Gasteiger partial charge is 0.399 e. The van der Waals surface area contributed by atoms with Crippen LogP contribution in [0.4, 0.5) is 0 Å². The number of nitrogens with zero attached hydrogens (tertiary/aromatic N) is 1. The van der Waals surface area contributed by atoms with E-state index in [1.165, 1.54) is 0 Å². The molecule has 0 fully saturated rings. The van der Waals surface area contributed by atoms with E-state index in [-0.39, 0.29) is 5.56 Å². The fraction of sp³-hybridized carbons (Fsp3) is 0.0909. The molecule has 0 aliphatic carbocycles. The van der Waals surface area contributed by atoms with Gasteiger partial charge in [-0.2, -0.15) is 0 Å². The molecule has 15 heavy (non-hydrogen) atoms. The van der Waals surface area contributed by atoms with Crippen LogP contribution < -0.4 is 10.1 Å². The Hall–Kier alpha value is -2.10. The number of aromatic amines is 2. The van der Waals surface area contributed by atoms with Crippen molar-refractivity contribution >= 4 is 16.4 Å². The minimum absolute atomic E-state index is 0.0850. The molecule has 2 heterocycles. The van der Waals surface area contributed by atoms with E-state index in [4.69, 9.17) is 0 Å². The molecule has 2 aromatic heterocycles. The van der Waals surface area contributed by atoms with Crippen molar-refractivity contribution in [3.05, 3.63) is 46.2 Å². The highest BCUT2D eigenvalue weighted by molar-refractivity contribution is 5.78. The summed E-state index contributed by atoms with van der Waals surface area (Å²) in [4.78, 5) is 11.5. The Labute approximate surface area is 85.1 Å². The standard InChI is InChI=1S/C11H9N3O/c1-7-6-8-4-2-3-5-9(8)14-10(7)11(15)12-13-14/h2-6,15H,1H3/p+1. The Balaban J connectivity index is 2.71. The molecule has 3 aromatic rings. The lowest BCUT2D eigenvalue weighted by atomic mass is 10.1. The first-order valence-electron chi connectivity index (χ1n) is 4.78. The molecule has 3 rings (SSSR count). The molecular formula is C11H10N3O+. The van der Waals surface area contributed by atoms with E-state index >= 15 is 0 Å². The molecule has 0 aliphatic rings. The molecular weight excluding hydrogens is 190 g/mol. The molecule has 0 amide bonds. The van der Waals surface area contributed by atoms with Crippen LogP contribution in [0, 0.1) is 6.92 Å². The van der Waals surface area contributed by atoms with Gasteiger partial charge in [0.2, 0.25) is 5.52 Å². The normalized spacial score (nSPS) is 11.3. The van der Waals surface area contributed by atoms with Crippen LogP contribution in [0.5, 0.6) is 0 Å². The van der Waals surface area contributed by atoms with E-state index in [0.717, 1.165) is 16.5 Å². The first-order valence-corrected chi connectivity index (χ1v) is 4.78. The van der Waals surface area contributed by atoms with Crippen LogP contribution in [-0.2, 0) is 0 Å². The number of para-hydroxylation sites is 1. The lowest BCUT2D eigenvalue weighted by Gasteiger charge is -1.97. The van der Waals surface area contributed by atoms with Gasteiger partial charge in [0.25, 0.3) is 0 Å². The number of nitrogens with one attached hydrogen (secondary N) is 2. The average molecular weight is 200 g/mol. The van der Waals surface area contributed by atoms with Gasteiger partial charge in [-0.15, -0.1) is 9.61 Å². The Bertz CT molecular complexity index is 708. The SMILES string of the molecule is Cc1cc2ccccc2[n+]2[nH][nH]c(=O)c12. The van der Waals surface area contributed by atoms with Crippen LogP contribution in [0.3, 0.4) is 0 Å². The molecule has 1 aromatic carbocycles. The van der Waals surface area contributed by atoms with Gasteiger partial charge in [-0.25, -0.2) is 4.79 Å². The molecule has 0 atom stereocenters. The van der Waals surface area contributed by atoms with Crippen molar-refractivity contribution in [2.45, 2.75) is 6.92 Å². The highest BCUT2D eigenvalue weighted by Crippen LogP contribution is 2.12. The second-order valence-electron chi connectivity index (χ2n) is 3.64. The third-order valence-electron chi connectivity index (χ3n) is 2.64. The molecule has 74 valence electrons. The molecule has 0 radical (unpaired) electrons. The van der Waals surface area contributed by atoms with Crippen LogP contribution in [0.15, 0.2) is 35.1 Å². The molecule has 2 N–H and O–H groups in total. The number of rotatable bonds is 0. The number of H-pyrrole nitrogens is 2. The highest BCUT2D eigenvalue weighted by Gasteiger charge is 2.14. The lowest BCUT2D eigenvalue weighted by Crippen LogP contribution is -2.26. The van der Waals surface area contributed by atoms with E-state index < -0.39 is 0 Å². The van der Waals surface area contributed by atoms with Gasteiger partial charge in [-0.05, 0) is 19.1 Å². The van der Waals surface area contributed by atoms with E-state index in [0.29, 0.717) is 5.52 Å². The Morgan fingerprint density at radius 3 is 2.93 bits per heavy atom. The monoisotopic (exact) mass is 200 g/mol. The van der Waals surface area contributed by atoms with Crippen molar-refractivity contribution in [2.24, 2.45) is 0 Å². The fourth-order valence-electron chi connectivity index (χ4n) is 1.97. The summed E-state index contributed by atoms with van der Waals surface area (Å²) >= 11 is 0. The van der Waals surface area contributed by atoms with Gasteiger partial charge >= 0.3 is 5.56 Å². The zero-order valence-electron chi connectivity index (χ0n) is 8.24. The second kappa shape index (κ2) is 2.70. The number of benzene rings is 1. The van der Waals surface area contributed by atoms with E-state index in [1.807, 2.05) is 37.3 Å². The van der Waals surface area contributed by atoms with Gasteiger partial charge in [-0.3, -0.25) is 0 Å².